The molecule has 0 saturated carbocycles. The van der Waals surface area contributed by atoms with Gasteiger partial charge >= 0.3 is 0 Å². The highest BCUT2D eigenvalue weighted by molar-refractivity contribution is 5.39. The van der Waals surface area contributed by atoms with Gasteiger partial charge in [0, 0.05) is 5.41 Å². The fraction of sp³-hybridized carbons (Fsp3) is 0.368. The average Bonchev–Trinajstić information content (AvgIpc) is 2.49. The molecule has 0 aromatic heterocycles. The Bertz CT molecular complexity index is 481. The maximum absolute atomic E-state index is 9.29. The molecule has 0 radical (unpaired) electrons. The maximum atomic E-state index is 9.29. The number of hydrogen-bond acceptors (Lipinski definition) is 1. The van der Waals surface area contributed by atoms with Crippen LogP contribution in [0, 0.1) is 0 Å². The zero-order valence-electron chi connectivity index (χ0n) is 13.1. The first kappa shape index (κ1) is 16.3. The largest absolute Gasteiger partial charge is 0.508 e. The minimum Gasteiger partial charge on any atom is -0.508 e. The van der Waals surface area contributed by atoms with Crippen LogP contribution in [0.3, 0.4) is 0 Å². The summed E-state index contributed by atoms with van der Waals surface area (Å²) >= 11 is 0. The molecular weight excluding hydrogens is 244 g/mol. The van der Waals surface area contributed by atoms with Crippen LogP contribution in [0.5, 0.6) is 5.75 Å². The number of benzene rings is 2. The van der Waals surface area contributed by atoms with Crippen LogP contribution in [-0.4, -0.2) is 5.11 Å². The third-order valence-electron chi connectivity index (χ3n) is 3.58. The van der Waals surface area contributed by atoms with Gasteiger partial charge in [-0.15, -0.1) is 0 Å². The van der Waals surface area contributed by atoms with Gasteiger partial charge in [0.05, 0.1) is 0 Å². The van der Waals surface area contributed by atoms with Crippen molar-refractivity contribution in [2.75, 3.05) is 0 Å². The van der Waals surface area contributed by atoms with Crippen molar-refractivity contribution in [2.24, 2.45) is 0 Å². The van der Waals surface area contributed by atoms with Gasteiger partial charge in [-0.1, -0.05) is 83.0 Å². The summed E-state index contributed by atoms with van der Waals surface area (Å²) < 4.78 is 0. The standard InChI is InChI=1S/C15H16O.C4H10/c1-15(2,12-6-4-3-5-7-12)13-8-10-14(16)11-9-13;1-3-4-2/h3-11,16H,1-2H3;3-4H2,1-2H3. The van der Waals surface area contributed by atoms with Crippen LogP contribution in [0.25, 0.3) is 0 Å². The minimum atomic E-state index is -0.0328. The summed E-state index contributed by atoms with van der Waals surface area (Å²) in [5.74, 6) is 0.313. The average molecular weight is 270 g/mol. The number of aromatic hydroxyl groups is 1. The molecule has 2 aromatic rings. The summed E-state index contributed by atoms with van der Waals surface area (Å²) in [6.07, 6.45) is 2.64. The summed E-state index contributed by atoms with van der Waals surface area (Å²) in [7, 11) is 0. The van der Waals surface area contributed by atoms with Crippen molar-refractivity contribution < 1.29 is 5.11 Å². The second kappa shape index (κ2) is 7.74. The molecule has 0 spiro atoms. The lowest BCUT2D eigenvalue weighted by atomic mass is 9.78. The van der Waals surface area contributed by atoms with Crippen LogP contribution in [0.15, 0.2) is 54.6 Å². The van der Waals surface area contributed by atoms with Crippen molar-refractivity contribution in [1.82, 2.24) is 0 Å². The van der Waals surface area contributed by atoms with E-state index in [1.807, 2.05) is 18.2 Å². The molecule has 0 atom stereocenters. The molecule has 0 bridgehead atoms. The monoisotopic (exact) mass is 270 g/mol. The van der Waals surface area contributed by atoms with E-state index in [4.69, 9.17) is 0 Å². The Labute approximate surface area is 123 Å². The van der Waals surface area contributed by atoms with E-state index in [1.165, 1.54) is 24.0 Å². The second-order valence-electron chi connectivity index (χ2n) is 5.54. The molecule has 108 valence electrons. The van der Waals surface area contributed by atoms with Gasteiger partial charge in [0.2, 0.25) is 0 Å². The lowest BCUT2D eigenvalue weighted by molar-refractivity contribution is 0.474. The van der Waals surface area contributed by atoms with Gasteiger partial charge in [0.15, 0.2) is 0 Å². The molecule has 1 heteroatoms. The summed E-state index contributed by atoms with van der Waals surface area (Å²) in [6.45, 7) is 8.74. The number of hydrogen-bond donors (Lipinski definition) is 1. The lowest BCUT2D eigenvalue weighted by Crippen LogP contribution is -2.18. The first-order chi connectivity index (χ1) is 9.52. The van der Waals surface area contributed by atoms with Crippen molar-refractivity contribution in [3.8, 4) is 5.75 Å². The number of rotatable bonds is 3. The molecule has 1 N–H and O–H groups in total. The first-order valence-electron chi connectivity index (χ1n) is 7.37. The molecule has 1 nitrogen and oxygen atoms in total. The highest BCUT2D eigenvalue weighted by Gasteiger charge is 2.22. The number of phenolic OH excluding ortho intramolecular Hbond substituents is 1. The molecule has 2 rings (SSSR count). The van der Waals surface area contributed by atoms with E-state index < -0.39 is 0 Å². The molecule has 0 aliphatic heterocycles. The molecule has 0 saturated heterocycles. The third-order valence-corrected chi connectivity index (χ3v) is 3.58. The Hall–Kier alpha value is -1.76. The van der Waals surface area contributed by atoms with Crippen LogP contribution >= 0.6 is 0 Å². The number of unbranched alkanes of at least 4 members (excludes halogenated alkanes) is 1. The van der Waals surface area contributed by atoms with Gasteiger partial charge in [0.25, 0.3) is 0 Å². The van der Waals surface area contributed by atoms with E-state index >= 15 is 0 Å². The summed E-state index contributed by atoms with van der Waals surface area (Å²) in [4.78, 5) is 0. The highest BCUT2D eigenvalue weighted by Crippen LogP contribution is 2.31. The van der Waals surface area contributed by atoms with Crippen molar-refractivity contribution in [3.05, 3.63) is 65.7 Å². The Kier molecular flexibility index (Phi) is 6.30. The van der Waals surface area contributed by atoms with E-state index in [1.54, 1.807) is 12.1 Å². The predicted octanol–water partition coefficient (Wildman–Crippen LogP) is 5.52. The van der Waals surface area contributed by atoms with Crippen LogP contribution in [0.4, 0.5) is 0 Å². The Balaban J connectivity index is 0.000000444. The van der Waals surface area contributed by atoms with Crippen LogP contribution in [-0.2, 0) is 5.41 Å². The summed E-state index contributed by atoms with van der Waals surface area (Å²) in [6, 6.07) is 17.8. The molecule has 2 aromatic carbocycles. The van der Waals surface area contributed by atoms with Crippen molar-refractivity contribution in [2.45, 2.75) is 46.0 Å². The van der Waals surface area contributed by atoms with E-state index in [9.17, 15) is 5.11 Å². The van der Waals surface area contributed by atoms with Gasteiger partial charge in [-0.25, -0.2) is 0 Å². The van der Waals surface area contributed by atoms with Gasteiger partial charge in [-0.2, -0.15) is 0 Å². The van der Waals surface area contributed by atoms with Crippen LogP contribution < -0.4 is 0 Å². The second-order valence-corrected chi connectivity index (χ2v) is 5.54. The van der Waals surface area contributed by atoms with Gasteiger partial charge in [-0.3, -0.25) is 0 Å². The minimum absolute atomic E-state index is 0.0328. The van der Waals surface area contributed by atoms with E-state index in [-0.39, 0.29) is 5.41 Å². The fourth-order valence-electron chi connectivity index (χ4n) is 1.90. The van der Waals surface area contributed by atoms with E-state index in [0.29, 0.717) is 5.75 Å². The highest BCUT2D eigenvalue weighted by atomic mass is 16.3. The molecule has 0 fully saturated rings. The SMILES string of the molecule is CC(C)(c1ccccc1)c1ccc(O)cc1.CCCC. The van der Waals surface area contributed by atoms with Crippen molar-refractivity contribution >= 4 is 0 Å². The number of phenols is 1. The van der Waals surface area contributed by atoms with Crippen molar-refractivity contribution in [3.63, 3.8) is 0 Å². The van der Waals surface area contributed by atoms with E-state index in [0.717, 1.165) is 0 Å². The fourth-order valence-corrected chi connectivity index (χ4v) is 1.90. The summed E-state index contributed by atoms with van der Waals surface area (Å²) in [5.41, 5.74) is 2.45. The Morgan fingerprint density at radius 2 is 1.20 bits per heavy atom. The lowest BCUT2D eigenvalue weighted by Gasteiger charge is -2.26. The summed E-state index contributed by atoms with van der Waals surface area (Å²) in [5, 5.41) is 9.29. The topological polar surface area (TPSA) is 20.2 Å². The molecule has 0 aliphatic carbocycles. The molecule has 0 amide bonds. The molecule has 0 heterocycles. The predicted molar refractivity (Wildman–Crippen MR) is 87.3 cm³/mol. The smallest absolute Gasteiger partial charge is 0.115 e. The van der Waals surface area contributed by atoms with Crippen LogP contribution in [0.2, 0.25) is 0 Å². The normalized spacial score (nSPS) is 10.6. The van der Waals surface area contributed by atoms with Crippen molar-refractivity contribution in [1.29, 1.82) is 0 Å². The van der Waals surface area contributed by atoms with E-state index in [2.05, 4.69) is 52.0 Å². The van der Waals surface area contributed by atoms with Crippen LogP contribution in [0.1, 0.15) is 51.7 Å². The van der Waals surface area contributed by atoms with Gasteiger partial charge in [0.1, 0.15) is 5.75 Å². The first-order valence-corrected chi connectivity index (χ1v) is 7.37. The van der Waals surface area contributed by atoms with Gasteiger partial charge in [-0.05, 0) is 23.3 Å². The maximum Gasteiger partial charge on any atom is 0.115 e. The molecule has 0 aliphatic rings. The molecule has 0 unspecified atom stereocenters. The molecule has 20 heavy (non-hydrogen) atoms. The van der Waals surface area contributed by atoms with Gasteiger partial charge < -0.3 is 5.11 Å². The zero-order valence-corrected chi connectivity index (χ0v) is 13.1. The Morgan fingerprint density at radius 3 is 1.65 bits per heavy atom. The molecular formula is C19H26O. The third kappa shape index (κ3) is 4.41. The zero-order chi connectivity index (χ0) is 15.0. The quantitative estimate of drug-likeness (QED) is 0.778. The Morgan fingerprint density at radius 1 is 0.750 bits per heavy atom.